The first-order chi connectivity index (χ1) is 9.92. The van der Waals surface area contributed by atoms with Gasteiger partial charge in [0.2, 0.25) is 0 Å². The van der Waals surface area contributed by atoms with Crippen LogP contribution in [0.1, 0.15) is 11.4 Å². The van der Waals surface area contributed by atoms with Crippen LogP contribution in [0, 0.1) is 0 Å². The number of para-hydroxylation sites is 1. The van der Waals surface area contributed by atoms with Gasteiger partial charge in [-0.2, -0.15) is 5.10 Å². The minimum absolute atomic E-state index is 0.709. The summed E-state index contributed by atoms with van der Waals surface area (Å²) in [5.74, 6) is 0. The average Bonchev–Trinajstić information content (AvgIpc) is 2.98. The smallest absolute Gasteiger partial charge is 0.115 e. The summed E-state index contributed by atoms with van der Waals surface area (Å²) in [5, 5.41) is 7.85. The lowest BCUT2D eigenvalue weighted by Crippen LogP contribution is -2.14. The lowest BCUT2D eigenvalue weighted by molar-refractivity contribution is 0.657. The molecule has 0 aliphatic rings. The van der Waals surface area contributed by atoms with E-state index in [1.165, 1.54) is 0 Å². The summed E-state index contributed by atoms with van der Waals surface area (Å²) in [5.41, 5.74) is 3.04. The van der Waals surface area contributed by atoms with Crippen LogP contribution in [0.15, 0.2) is 61.2 Å². The Labute approximate surface area is 117 Å². The predicted molar refractivity (Wildman–Crippen MR) is 76.1 cm³/mol. The minimum atomic E-state index is 0.709. The summed E-state index contributed by atoms with van der Waals surface area (Å²) in [6.45, 7) is 1.42. The second kappa shape index (κ2) is 6.08. The first-order valence-electron chi connectivity index (χ1n) is 6.47. The lowest BCUT2D eigenvalue weighted by Gasteiger charge is -2.02. The largest absolute Gasteiger partial charge is 0.305 e. The van der Waals surface area contributed by atoms with Crippen LogP contribution in [-0.2, 0) is 13.1 Å². The van der Waals surface area contributed by atoms with Crippen LogP contribution < -0.4 is 5.32 Å². The van der Waals surface area contributed by atoms with Crippen molar-refractivity contribution in [3.05, 3.63) is 72.6 Å². The number of nitrogens with one attached hydrogen (secondary N) is 1. The summed E-state index contributed by atoms with van der Waals surface area (Å²) >= 11 is 0. The van der Waals surface area contributed by atoms with E-state index in [1.807, 2.05) is 53.3 Å². The van der Waals surface area contributed by atoms with E-state index in [-0.39, 0.29) is 0 Å². The van der Waals surface area contributed by atoms with Gasteiger partial charge in [-0.3, -0.25) is 0 Å². The Morgan fingerprint density at radius 2 is 1.80 bits per heavy atom. The molecule has 100 valence electrons. The van der Waals surface area contributed by atoms with Gasteiger partial charge in [-0.05, 0) is 24.3 Å². The molecular formula is C15H15N5. The van der Waals surface area contributed by atoms with Gasteiger partial charge in [0.15, 0.2) is 0 Å². The molecule has 0 unspecified atom stereocenters. The SMILES string of the molecule is c1ccc(-n2ccc(CNCc3ccncn3)n2)cc1. The number of hydrogen-bond acceptors (Lipinski definition) is 4. The van der Waals surface area contributed by atoms with Gasteiger partial charge in [-0.1, -0.05) is 18.2 Å². The van der Waals surface area contributed by atoms with Crippen molar-refractivity contribution in [2.24, 2.45) is 0 Å². The molecular weight excluding hydrogens is 250 g/mol. The molecule has 3 rings (SSSR count). The molecule has 3 aromatic rings. The lowest BCUT2D eigenvalue weighted by atomic mass is 10.3. The second-order valence-corrected chi connectivity index (χ2v) is 4.39. The summed E-state index contributed by atoms with van der Waals surface area (Å²) in [6.07, 6.45) is 5.27. The van der Waals surface area contributed by atoms with Crippen molar-refractivity contribution in [3.63, 3.8) is 0 Å². The van der Waals surface area contributed by atoms with Gasteiger partial charge in [-0.25, -0.2) is 14.6 Å². The van der Waals surface area contributed by atoms with Crippen LogP contribution in [0.2, 0.25) is 0 Å². The maximum absolute atomic E-state index is 4.53. The Bertz CT molecular complexity index is 648. The Morgan fingerprint density at radius 1 is 0.950 bits per heavy atom. The minimum Gasteiger partial charge on any atom is -0.305 e. The van der Waals surface area contributed by atoms with Crippen LogP contribution in [0.3, 0.4) is 0 Å². The fraction of sp³-hybridized carbons (Fsp3) is 0.133. The van der Waals surface area contributed by atoms with E-state index in [0.29, 0.717) is 13.1 Å². The average molecular weight is 265 g/mol. The number of aromatic nitrogens is 4. The highest BCUT2D eigenvalue weighted by atomic mass is 15.3. The van der Waals surface area contributed by atoms with Crippen molar-refractivity contribution < 1.29 is 0 Å². The molecule has 5 nitrogen and oxygen atoms in total. The summed E-state index contributed by atoms with van der Waals surface area (Å²) in [4.78, 5) is 8.06. The maximum atomic E-state index is 4.53. The van der Waals surface area contributed by atoms with E-state index in [1.54, 1.807) is 12.5 Å². The number of nitrogens with zero attached hydrogens (tertiary/aromatic N) is 4. The van der Waals surface area contributed by atoms with Crippen LogP contribution in [0.4, 0.5) is 0 Å². The molecule has 0 atom stereocenters. The Hall–Kier alpha value is -2.53. The zero-order chi connectivity index (χ0) is 13.6. The van der Waals surface area contributed by atoms with E-state index in [9.17, 15) is 0 Å². The van der Waals surface area contributed by atoms with Gasteiger partial charge in [0.1, 0.15) is 6.33 Å². The van der Waals surface area contributed by atoms with Crippen molar-refractivity contribution in [1.82, 2.24) is 25.1 Å². The van der Waals surface area contributed by atoms with Crippen molar-refractivity contribution in [2.45, 2.75) is 13.1 Å². The van der Waals surface area contributed by atoms with Gasteiger partial charge in [-0.15, -0.1) is 0 Å². The molecule has 0 radical (unpaired) electrons. The Morgan fingerprint density at radius 3 is 2.60 bits per heavy atom. The molecule has 0 spiro atoms. The Kier molecular flexibility index (Phi) is 3.80. The molecule has 0 aliphatic carbocycles. The monoisotopic (exact) mass is 265 g/mol. The van der Waals surface area contributed by atoms with E-state index in [0.717, 1.165) is 17.1 Å². The quantitative estimate of drug-likeness (QED) is 0.766. The third kappa shape index (κ3) is 3.07. The Balaban J connectivity index is 1.58. The second-order valence-electron chi connectivity index (χ2n) is 4.39. The predicted octanol–water partition coefficient (Wildman–Crippen LogP) is 1.95. The van der Waals surface area contributed by atoms with E-state index in [4.69, 9.17) is 0 Å². The standard InChI is InChI=1S/C15H15N5/c1-2-4-15(5-3-1)20-9-7-14(19-20)11-17-10-13-6-8-16-12-18-13/h1-9,12,17H,10-11H2. The zero-order valence-corrected chi connectivity index (χ0v) is 11.0. The van der Waals surface area contributed by atoms with Crippen LogP contribution in [0.5, 0.6) is 0 Å². The highest BCUT2D eigenvalue weighted by Crippen LogP contribution is 2.06. The van der Waals surface area contributed by atoms with E-state index in [2.05, 4.69) is 20.4 Å². The van der Waals surface area contributed by atoms with Crippen LogP contribution in [-0.4, -0.2) is 19.7 Å². The molecule has 0 saturated heterocycles. The topological polar surface area (TPSA) is 55.6 Å². The number of benzene rings is 1. The molecule has 5 heteroatoms. The molecule has 0 amide bonds. The molecule has 1 N–H and O–H groups in total. The molecule has 0 aliphatic heterocycles. The zero-order valence-electron chi connectivity index (χ0n) is 11.0. The fourth-order valence-electron chi connectivity index (χ4n) is 1.92. The number of rotatable bonds is 5. The van der Waals surface area contributed by atoms with Gasteiger partial charge in [0, 0.05) is 25.5 Å². The van der Waals surface area contributed by atoms with Gasteiger partial charge >= 0.3 is 0 Å². The molecule has 1 aromatic carbocycles. The summed E-state index contributed by atoms with van der Waals surface area (Å²) in [6, 6.07) is 14.0. The number of hydrogen-bond donors (Lipinski definition) is 1. The van der Waals surface area contributed by atoms with Gasteiger partial charge in [0.25, 0.3) is 0 Å². The first-order valence-corrected chi connectivity index (χ1v) is 6.47. The van der Waals surface area contributed by atoms with Gasteiger partial charge < -0.3 is 5.32 Å². The highest BCUT2D eigenvalue weighted by Gasteiger charge is 2.01. The molecule has 20 heavy (non-hydrogen) atoms. The van der Waals surface area contributed by atoms with Crippen molar-refractivity contribution in [1.29, 1.82) is 0 Å². The molecule has 0 fully saturated rings. The molecule has 0 bridgehead atoms. The first kappa shape index (κ1) is 12.5. The van der Waals surface area contributed by atoms with E-state index < -0.39 is 0 Å². The fourth-order valence-corrected chi connectivity index (χ4v) is 1.92. The molecule has 2 heterocycles. The third-order valence-corrected chi connectivity index (χ3v) is 2.92. The summed E-state index contributed by atoms with van der Waals surface area (Å²) in [7, 11) is 0. The highest BCUT2D eigenvalue weighted by molar-refractivity contribution is 5.30. The van der Waals surface area contributed by atoms with E-state index >= 15 is 0 Å². The van der Waals surface area contributed by atoms with Crippen LogP contribution in [0.25, 0.3) is 5.69 Å². The third-order valence-electron chi connectivity index (χ3n) is 2.92. The van der Waals surface area contributed by atoms with Crippen molar-refractivity contribution in [3.8, 4) is 5.69 Å². The molecule has 2 aromatic heterocycles. The summed E-state index contributed by atoms with van der Waals surface area (Å²) < 4.78 is 1.88. The van der Waals surface area contributed by atoms with Crippen LogP contribution >= 0.6 is 0 Å². The maximum Gasteiger partial charge on any atom is 0.115 e. The van der Waals surface area contributed by atoms with Gasteiger partial charge in [0.05, 0.1) is 17.1 Å². The van der Waals surface area contributed by atoms with Crippen molar-refractivity contribution >= 4 is 0 Å². The van der Waals surface area contributed by atoms with Crippen molar-refractivity contribution in [2.75, 3.05) is 0 Å². The molecule has 0 saturated carbocycles. The normalized spacial score (nSPS) is 10.6.